The largest absolute Gasteiger partial charge is 0.396 e. The van der Waals surface area contributed by atoms with Gasteiger partial charge in [-0.1, -0.05) is 6.07 Å². The van der Waals surface area contributed by atoms with Gasteiger partial charge in [-0.05, 0) is 18.2 Å². The van der Waals surface area contributed by atoms with Crippen LogP contribution in [0.5, 0.6) is 0 Å². The van der Waals surface area contributed by atoms with Gasteiger partial charge < -0.3 is 9.67 Å². The number of nitrogens with zero attached hydrogens (tertiary/aromatic N) is 1. The first-order chi connectivity index (χ1) is 6.84. The van der Waals surface area contributed by atoms with Gasteiger partial charge in [0.2, 0.25) is 0 Å². The predicted octanol–water partition coefficient (Wildman–Crippen LogP) is 0.964. The fraction of sp³-hybridized carbons (Fsp3) is 0.500. The monoisotopic (exact) mass is 213 g/mol. The van der Waals surface area contributed by atoms with Gasteiger partial charge in [-0.15, -0.1) is 0 Å². The number of aliphatic hydroxyl groups excluding tert-OH is 1. The van der Waals surface area contributed by atoms with Crippen LogP contribution in [-0.4, -0.2) is 27.8 Å². The van der Waals surface area contributed by atoms with Crippen molar-refractivity contribution < 1.29 is 5.11 Å². The Labute approximate surface area is 87.8 Å². The highest BCUT2D eigenvalue weighted by Crippen LogP contribution is 2.02. The van der Waals surface area contributed by atoms with Crippen molar-refractivity contribution >= 4 is 11.8 Å². The Morgan fingerprint density at radius 2 is 2.21 bits per heavy atom. The van der Waals surface area contributed by atoms with Gasteiger partial charge in [0.1, 0.15) is 0 Å². The second-order valence-corrected chi connectivity index (χ2v) is 4.15. The van der Waals surface area contributed by atoms with E-state index in [1.165, 1.54) is 0 Å². The smallest absolute Gasteiger partial charge is 0.250 e. The third kappa shape index (κ3) is 3.98. The van der Waals surface area contributed by atoms with E-state index in [0.717, 1.165) is 24.5 Å². The zero-order valence-corrected chi connectivity index (χ0v) is 8.87. The summed E-state index contributed by atoms with van der Waals surface area (Å²) in [5.41, 5.74) is 0.0512. The zero-order valence-electron chi connectivity index (χ0n) is 8.06. The SMILES string of the molecule is O=c1ccccn1CCSCCCO. The average molecular weight is 213 g/mol. The molecule has 4 heteroatoms. The van der Waals surface area contributed by atoms with Crippen molar-refractivity contribution in [2.24, 2.45) is 0 Å². The number of aromatic nitrogens is 1. The summed E-state index contributed by atoms with van der Waals surface area (Å²) in [5.74, 6) is 1.88. The van der Waals surface area contributed by atoms with Gasteiger partial charge in [-0.2, -0.15) is 11.8 Å². The normalized spacial score (nSPS) is 10.4. The van der Waals surface area contributed by atoms with Crippen LogP contribution in [-0.2, 0) is 6.54 Å². The van der Waals surface area contributed by atoms with Crippen molar-refractivity contribution in [2.45, 2.75) is 13.0 Å². The molecular weight excluding hydrogens is 198 g/mol. The zero-order chi connectivity index (χ0) is 10.2. The van der Waals surface area contributed by atoms with E-state index in [0.29, 0.717) is 0 Å². The van der Waals surface area contributed by atoms with E-state index in [2.05, 4.69) is 0 Å². The van der Waals surface area contributed by atoms with Crippen molar-refractivity contribution in [3.05, 3.63) is 34.7 Å². The lowest BCUT2D eigenvalue weighted by atomic mass is 10.5. The third-order valence-corrected chi connectivity index (χ3v) is 2.87. The Morgan fingerprint density at radius 3 is 2.93 bits per heavy atom. The van der Waals surface area contributed by atoms with E-state index in [-0.39, 0.29) is 12.2 Å². The van der Waals surface area contributed by atoms with Crippen LogP contribution in [0, 0.1) is 0 Å². The molecule has 0 amide bonds. The minimum absolute atomic E-state index is 0.0512. The fourth-order valence-corrected chi connectivity index (χ4v) is 1.94. The van der Waals surface area contributed by atoms with Crippen molar-refractivity contribution in [1.82, 2.24) is 4.57 Å². The molecule has 0 aliphatic rings. The first-order valence-corrected chi connectivity index (χ1v) is 5.84. The molecule has 1 heterocycles. The van der Waals surface area contributed by atoms with Gasteiger partial charge in [0.15, 0.2) is 0 Å². The lowest BCUT2D eigenvalue weighted by Gasteiger charge is -2.03. The highest BCUT2D eigenvalue weighted by atomic mass is 32.2. The summed E-state index contributed by atoms with van der Waals surface area (Å²) in [6.07, 6.45) is 2.63. The van der Waals surface area contributed by atoms with E-state index in [9.17, 15) is 4.79 Å². The first-order valence-electron chi connectivity index (χ1n) is 4.68. The molecule has 0 aromatic carbocycles. The molecule has 14 heavy (non-hydrogen) atoms. The van der Waals surface area contributed by atoms with E-state index >= 15 is 0 Å². The van der Waals surface area contributed by atoms with Crippen molar-refractivity contribution in [2.75, 3.05) is 18.1 Å². The molecule has 0 atom stereocenters. The van der Waals surface area contributed by atoms with Crippen LogP contribution in [0.2, 0.25) is 0 Å². The van der Waals surface area contributed by atoms with Crippen LogP contribution >= 0.6 is 11.8 Å². The van der Waals surface area contributed by atoms with E-state index < -0.39 is 0 Å². The molecule has 1 rings (SSSR count). The summed E-state index contributed by atoms with van der Waals surface area (Å²) in [5, 5.41) is 8.56. The molecule has 0 radical (unpaired) electrons. The minimum atomic E-state index is 0.0512. The highest BCUT2D eigenvalue weighted by Gasteiger charge is 1.93. The quantitative estimate of drug-likeness (QED) is 0.716. The standard InChI is InChI=1S/C10H15NO2S/c12-7-3-8-14-9-6-11-5-2-1-4-10(11)13/h1-2,4-5,12H,3,6-9H2. The average Bonchev–Trinajstić information content (AvgIpc) is 2.20. The number of aryl methyl sites for hydroxylation is 1. The molecule has 1 aromatic heterocycles. The molecule has 0 spiro atoms. The molecule has 0 bridgehead atoms. The van der Waals surface area contributed by atoms with Crippen LogP contribution in [0.3, 0.4) is 0 Å². The maximum Gasteiger partial charge on any atom is 0.250 e. The van der Waals surface area contributed by atoms with Crippen molar-refractivity contribution in [1.29, 1.82) is 0 Å². The summed E-state index contributed by atoms with van der Waals surface area (Å²) in [7, 11) is 0. The molecule has 0 aliphatic carbocycles. The maximum absolute atomic E-state index is 11.3. The van der Waals surface area contributed by atoms with Gasteiger partial charge in [0.25, 0.3) is 5.56 Å². The summed E-state index contributed by atoms with van der Waals surface area (Å²) in [4.78, 5) is 11.3. The van der Waals surface area contributed by atoms with Crippen LogP contribution in [0.4, 0.5) is 0 Å². The van der Waals surface area contributed by atoms with Gasteiger partial charge in [0.05, 0.1) is 0 Å². The van der Waals surface area contributed by atoms with Gasteiger partial charge in [-0.25, -0.2) is 0 Å². The molecule has 0 fully saturated rings. The number of hydrogen-bond acceptors (Lipinski definition) is 3. The molecule has 0 saturated carbocycles. The molecular formula is C10H15NO2S. The fourth-order valence-electron chi connectivity index (χ4n) is 1.08. The molecule has 3 nitrogen and oxygen atoms in total. The number of rotatable bonds is 6. The Bertz CT molecular complexity index is 311. The van der Waals surface area contributed by atoms with E-state index in [1.54, 1.807) is 34.7 Å². The van der Waals surface area contributed by atoms with E-state index in [4.69, 9.17) is 5.11 Å². The summed E-state index contributed by atoms with van der Waals surface area (Å²) in [6, 6.07) is 5.18. The Hall–Kier alpha value is -0.740. The van der Waals surface area contributed by atoms with Gasteiger partial charge in [0, 0.05) is 31.2 Å². The number of pyridine rings is 1. The number of hydrogen-bond donors (Lipinski definition) is 1. The van der Waals surface area contributed by atoms with Crippen LogP contribution in [0.1, 0.15) is 6.42 Å². The summed E-state index contributed by atoms with van der Waals surface area (Å²) in [6.45, 7) is 0.994. The lowest BCUT2D eigenvalue weighted by molar-refractivity contribution is 0.296. The summed E-state index contributed by atoms with van der Waals surface area (Å²) >= 11 is 1.76. The molecule has 0 saturated heterocycles. The second kappa shape index (κ2) is 6.68. The minimum Gasteiger partial charge on any atom is -0.396 e. The summed E-state index contributed by atoms with van der Waals surface area (Å²) < 4.78 is 1.70. The van der Waals surface area contributed by atoms with Crippen LogP contribution in [0.15, 0.2) is 29.2 Å². The van der Waals surface area contributed by atoms with Crippen molar-refractivity contribution in [3.63, 3.8) is 0 Å². The molecule has 78 valence electrons. The van der Waals surface area contributed by atoms with Crippen molar-refractivity contribution in [3.8, 4) is 0 Å². The van der Waals surface area contributed by atoms with Gasteiger partial charge >= 0.3 is 0 Å². The molecule has 0 unspecified atom stereocenters. The number of aliphatic hydroxyl groups is 1. The number of thioether (sulfide) groups is 1. The Balaban J connectivity index is 2.25. The molecule has 0 aliphatic heterocycles. The second-order valence-electron chi connectivity index (χ2n) is 2.92. The first kappa shape index (κ1) is 11.3. The van der Waals surface area contributed by atoms with Gasteiger partial charge in [-0.3, -0.25) is 4.79 Å². The molecule has 1 aromatic rings. The third-order valence-electron chi connectivity index (χ3n) is 1.82. The van der Waals surface area contributed by atoms with Crippen LogP contribution in [0.25, 0.3) is 0 Å². The predicted molar refractivity (Wildman–Crippen MR) is 59.7 cm³/mol. The van der Waals surface area contributed by atoms with Crippen LogP contribution < -0.4 is 5.56 Å². The Kier molecular flexibility index (Phi) is 5.40. The Morgan fingerprint density at radius 1 is 1.36 bits per heavy atom. The molecule has 1 N–H and O–H groups in total. The lowest BCUT2D eigenvalue weighted by Crippen LogP contribution is -2.18. The highest BCUT2D eigenvalue weighted by molar-refractivity contribution is 7.99. The maximum atomic E-state index is 11.3. The van der Waals surface area contributed by atoms with E-state index in [1.807, 2.05) is 6.07 Å². The topological polar surface area (TPSA) is 42.2 Å².